The molecule has 2 aromatic rings. The van der Waals surface area contributed by atoms with Gasteiger partial charge in [0.15, 0.2) is 0 Å². The van der Waals surface area contributed by atoms with E-state index < -0.39 is 5.97 Å². The molecule has 0 aliphatic carbocycles. The van der Waals surface area contributed by atoms with Gasteiger partial charge in [0.05, 0.1) is 32.0 Å². The molecule has 0 bridgehead atoms. The van der Waals surface area contributed by atoms with Crippen LogP contribution in [0.15, 0.2) is 65.2 Å². The minimum atomic E-state index is -0.478. The molecule has 152 valence electrons. The average Bonchev–Trinajstić information content (AvgIpc) is 2.78. The molecule has 1 aromatic heterocycles. The molecule has 1 saturated heterocycles. The fraction of sp³-hybridized carbons (Fsp3) is 0.286. The third-order valence-corrected chi connectivity index (χ3v) is 5.00. The molecule has 7 nitrogen and oxygen atoms in total. The van der Waals surface area contributed by atoms with Gasteiger partial charge in [-0.05, 0) is 23.6 Å². The molecule has 2 heterocycles. The summed E-state index contributed by atoms with van der Waals surface area (Å²) < 4.78 is 16.1. The SMILES string of the molecule is COC(=O)c1cncc(OCC2CN(C(=O)C=CSc3ccccc3)CCO2)c1. The van der Waals surface area contributed by atoms with E-state index in [0.717, 1.165) is 4.90 Å². The van der Waals surface area contributed by atoms with Crippen LogP contribution in [0.25, 0.3) is 0 Å². The van der Waals surface area contributed by atoms with Gasteiger partial charge < -0.3 is 19.1 Å². The summed E-state index contributed by atoms with van der Waals surface area (Å²) in [6, 6.07) is 11.4. The summed E-state index contributed by atoms with van der Waals surface area (Å²) in [5.74, 6) is -0.0935. The predicted octanol–water partition coefficient (Wildman–Crippen LogP) is 2.78. The summed E-state index contributed by atoms with van der Waals surface area (Å²) >= 11 is 1.50. The zero-order chi connectivity index (χ0) is 20.5. The summed E-state index contributed by atoms with van der Waals surface area (Å²) in [6.45, 7) is 1.66. The Morgan fingerprint density at radius 1 is 1.31 bits per heavy atom. The van der Waals surface area contributed by atoms with Gasteiger partial charge in [0.2, 0.25) is 5.91 Å². The number of hydrogen-bond acceptors (Lipinski definition) is 7. The summed E-state index contributed by atoms with van der Waals surface area (Å²) in [6.07, 6.45) is 4.24. The molecule has 1 amide bonds. The molecule has 0 saturated carbocycles. The Balaban J connectivity index is 1.49. The van der Waals surface area contributed by atoms with Crippen molar-refractivity contribution >= 4 is 23.6 Å². The van der Waals surface area contributed by atoms with Gasteiger partial charge >= 0.3 is 5.97 Å². The van der Waals surface area contributed by atoms with Crippen molar-refractivity contribution in [3.63, 3.8) is 0 Å². The molecule has 1 atom stereocenters. The minimum Gasteiger partial charge on any atom is -0.489 e. The lowest BCUT2D eigenvalue weighted by atomic mass is 10.2. The van der Waals surface area contributed by atoms with Gasteiger partial charge in [0, 0.05) is 23.7 Å². The second-order valence-electron chi connectivity index (χ2n) is 6.22. The molecule has 1 aliphatic heterocycles. The number of benzene rings is 1. The van der Waals surface area contributed by atoms with Crippen molar-refractivity contribution in [2.24, 2.45) is 0 Å². The number of ether oxygens (including phenoxy) is 3. The fourth-order valence-corrected chi connectivity index (χ4v) is 3.37. The van der Waals surface area contributed by atoms with E-state index in [-0.39, 0.29) is 18.6 Å². The van der Waals surface area contributed by atoms with Crippen LogP contribution in [-0.2, 0) is 14.3 Å². The minimum absolute atomic E-state index is 0.0592. The first kappa shape index (κ1) is 20.9. The molecule has 8 heteroatoms. The van der Waals surface area contributed by atoms with Crippen molar-refractivity contribution in [2.45, 2.75) is 11.0 Å². The number of amides is 1. The number of morpholine rings is 1. The smallest absolute Gasteiger partial charge is 0.339 e. The van der Waals surface area contributed by atoms with Crippen molar-refractivity contribution in [1.29, 1.82) is 0 Å². The Hall–Kier alpha value is -2.84. The highest BCUT2D eigenvalue weighted by Crippen LogP contribution is 2.18. The Morgan fingerprint density at radius 2 is 2.14 bits per heavy atom. The van der Waals surface area contributed by atoms with Crippen molar-refractivity contribution < 1.29 is 23.8 Å². The van der Waals surface area contributed by atoms with Crippen LogP contribution in [0, 0.1) is 0 Å². The molecule has 0 N–H and O–H groups in total. The number of hydrogen-bond donors (Lipinski definition) is 0. The molecule has 0 spiro atoms. The second kappa shape index (κ2) is 10.6. The van der Waals surface area contributed by atoms with Crippen LogP contribution < -0.4 is 4.74 Å². The maximum atomic E-state index is 12.4. The number of thioether (sulfide) groups is 1. The van der Waals surface area contributed by atoms with E-state index in [1.54, 1.807) is 22.5 Å². The molecule has 1 unspecified atom stereocenters. The van der Waals surface area contributed by atoms with Crippen molar-refractivity contribution in [1.82, 2.24) is 9.88 Å². The quantitative estimate of drug-likeness (QED) is 0.392. The van der Waals surface area contributed by atoms with E-state index in [1.807, 2.05) is 30.3 Å². The van der Waals surface area contributed by atoms with Gasteiger partial charge in [0.25, 0.3) is 0 Å². The lowest BCUT2D eigenvalue weighted by Crippen LogP contribution is -2.47. The normalized spacial score (nSPS) is 16.6. The number of carbonyl (C=O) groups is 2. The van der Waals surface area contributed by atoms with Crippen LogP contribution in [0.3, 0.4) is 0 Å². The summed E-state index contributed by atoms with van der Waals surface area (Å²) in [4.78, 5) is 30.8. The molecule has 0 radical (unpaired) electrons. The van der Waals surface area contributed by atoms with Crippen molar-refractivity contribution in [3.05, 3.63) is 65.8 Å². The Bertz CT molecular complexity index is 859. The topological polar surface area (TPSA) is 78.0 Å². The maximum absolute atomic E-state index is 12.4. The van der Waals surface area contributed by atoms with Crippen LogP contribution in [0.2, 0.25) is 0 Å². The maximum Gasteiger partial charge on any atom is 0.339 e. The number of carbonyl (C=O) groups excluding carboxylic acids is 2. The van der Waals surface area contributed by atoms with Crippen LogP contribution in [0.1, 0.15) is 10.4 Å². The van der Waals surface area contributed by atoms with E-state index in [0.29, 0.717) is 31.0 Å². The van der Waals surface area contributed by atoms with Gasteiger partial charge in [-0.1, -0.05) is 30.0 Å². The first-order chi connectivity index (χ1) is 14.2. The van der Waals surface area contributed by atoms with Gasteiger partial charge in [-0.2, -0.15) is 0 Å². The molecule has 1 aromatic carbocycles. The first-order valence-corrected chi connectivity index (χ1v) is 9.98. The van der Waals surface area contributed by atoms with E-state index in [4.69, 9.17) is 9.47 Å². The van der Waals surface area contributed by atoms with Crippen molar-refractivity contribution in [3.8, 4) is 5.75 Å². The zero-order valence-corrected chi connectivity index (χ0v) is 16.8. The standard InChI is InChI=1S/C21H22N2O5S/c1-26-21(25)16-11-17(13-22-12-16)28-15-18-14-23(8-9-27-18)20(24)7-10-29-19-5-3-2-4-6-19/h2-7,10-13,18H,8-9,14-15H2,1H3. The van der Waals surface area contributed by atoms with Crippen LogP contribution >= 0.6 is 11.8 Å². The fourth-order valence-electron chi connectivity index (χ4n) is 2.71. The van der Waals surface area contributed by atoms with E-state index in [2.05, 4.69) is 9.72 Å². The van der Waals surface area contributed by atoms with E-state index in [9.17, 15) is 9.59 Å². The number of aromatic nitrogens is 1. The number of pyridine rings is 1. The first-order valence-electron chi connectivity index (χ1n) is 9.10. The van der Waals surface area contributed by atoms with Crippen molar-refractivity contribution in [2.75, 3.05) is 33.4 Å². The predicted molar refractivity (Wildman–Crippen MR) is 109 cm³/mol. The lowest BCUT2D eigenvalue weighted by Gasteiger charge is -2.32. The molecule has 1 fully saturated rings. The summed E-state index contributed by atoms with van der Waals surface area (Å²) in [5.41, 5.74) is 0.312. The molecule has 1 aliphatic rings. The molecular formula is C21H22N2O5S. The number of rotatable bonds is 7. The number of nitrogens with zero attached hydrogens (tertiary/aromatic N) is 2. The Morgan fingerprint density at radius 3 is 2.93 bits per heavy atom. The molecular weight excluding hydrogens is 392 g/mol. The highest BCUT2D eigenvalue weighted by atomic mass is 32.2. The van der Waals surface area contributed by atoms with Crippen LogP contribution in [0.4, 0.5) is 0 Å². The van der Waals surface area contributed by atoms with E-state index in [1.165, 1.54) is 31.3 Å². The average molecular weight is 414 g/mol. The van der Waals surface area contributed by atoms with Crippen LogP contribution in [-0.4, -0.2) is 61.3 Å². The van der Waals surface area contributed by atoms with Gasteiger partial charge in [-0.15, -0.1) is 0 Å². The van der Waals surface area contributed by atoms with E-state index >= 15 is 0 Å². The largest absolute Gasteiger partial charge is 0.489 e. The Kier molecular flexibility index (Phi) is 7.66. The second-order valence-corrected chi connectivity index (χ2v) is 7.20. The van der Waals surface area contributed by atoms with Gasteiger partial charge in [0.1, 0.15) is 18.5 Å². The number of methoxy groups -OCH3 is 1. The highest BCUT2D eigenvalue weighted by Gasteiger charge is 2.23. The van der Waals surface area contributed by atoms with Gasteiger partial charge in [-0.3, -0.25) is 9.78 Å². The van der Waals surface area contributed by atoms with Gasteiger partial charge in [-0.25, -0.2) is 4.79 Å². The third kappa shape index (κ3) is 6.33. The monoisotopic (exact) mass is 414 g/mol. The molecule has 3 rings (SSSR count). The van der Waals surface area contributed by atoms with Crippen LogP contribution in [0.5, 0.6) is 5.75 Å². The number of esters is 1. The summed E-state index contributed by atoms with van der Waals surface area (Å²) in [7, 11) is 1.31. The zero-order valence-electron chi connectivity index (χ0n) is 16.0. The molecule has 29 heavy (non-hydrogen) atoms. The third-order valence-electron chi connectivity index (χ3n) is 4.18. The lowest BCUT2D eigenvalue weighted by molar-refractivity contribution is -0.134. The summed E-state index contributed by atoms with van der Waals surface area (Å²) in [5, 5.41) is 1.79. The highest BCUT2D eigenvalue weighted by molar-refractivity contribution is 8.02. The Labute approximate surface area is 173 Å².